The molecule has 2 N–H and O–H groups in total. The first-order valence-corrected chi connectivity index (χ1v) is 9.66. The van der Waals surface area contributed by atoms with Gasteiger partial charge in [-0.2, -0.15) is 0 Å². The summed E-state index contributed by atoms with van der Waals surface area (Å²) in [6.07, 6.45) is 3.23. The van der Waals surface area contributed by atoms with Gasteiger partial charge in [-0.05, 0) is 12.8 Å². The summed E-state index contributed by atoms with van der Waals surface area (Å²) in [6.45, 7) is 3.31. The van der Waals surface area contributed by atoms with Gasteiger partial charge >= 0.3 is 0 Å². The minimum absolute atomic E-state index is 0.0152. The van der Waals surface area contributed by atoms with Gasteiger partial charge in [0.05, 0.1) is 13.2 Å². The van der Waals surface area contributed by atoms with Gasteiger partial charge < -0.3 is 14.5 Å². The molecule has 0 atom stereocenters. The van der Waals surface area contributed by atoms with Crippen molar-refractivity contribution in [2.75, 3.05) is 44.3 Å². The van der Waals surface area contributed by atoms with Crippen LogP contribution in [0.1, 0.15) is 36.2 Å². The Labute approximate surface area is 155 Å². The van der Waals surface area contributed by atoms with Crippen LogP contribution in [0.15, 0.2) is 5.38 Å². The smallest absolute Gasteiger partial charge is 0.289 e. The van der Waals surface area contributed by atoms with E-state index in [-0.39, 0.29) is 18.1 Å². The molecule has 3 rings (SSSR count). The summed E-state index contributed by atoms with van der Waals surface area (Å²) in [7, 11) is 0. The van der Waals surface area contributed by atoms with Gasteiger partial charge in [-0.1, -0.05) is 6.42 Å². The van der Waals surface area contributed by atoms with Crippen LogP contribution in [0.25, 0.3) is 0 Å². The van der Waals surface area contributed by atoms with Crippen molar-refractivity contribution in [3.63, 3.8) is 0 Å². The average Bonchev–Trinajstić information content (AvgIpc) is 3.07. The fourth-order valence-electron chi connectivity index (χ4n) is 2.88. The molecule has 2 fully saturated rings. The van der Waals surface area contributed by atoms with Gasteiger partial charge in [0, 0.05) is 31.4 Å². The lowest BCUT2D eigenvalue weighted by molar-refractivity contribution is -0.135. The van der Waals surface area contributed by atoms with E-state index in [4.69, 9.17) is 4.74 Å². The average molecular weight is 381 g/mol. The number of hydrazine groups is 1. The largest absolute Gasteiger partial charge is 0.378 e. The zero-order chi connectivity index (χ0) is 18.4. The molecule has 26 heavy (non-hydrogen) atoms. The number of ether oxygens (including phenoxy) is 1. The van der Waals surface area contributed by atoms with Crippen molar-refractivity contribution in [1.29, 1.82) is 0 Å². The highest BCUT2D eigenvalue weighted by Gasteiger charge is 2.20. The molecule has 0 unspecified atom stereocenters. The third-order valence-corrected chi connectivity index (χ3v) is 5.23. The van der Waals surface area contributed by atoms with Crippen LogP contribution in [0.3, 0.4) is 0 Å². The van der Waals surface area contributed by atoms with Gasteiger partial charge in [0.2, 0.25) is 5.91 Å². The number of morpholine rings is 1. The van der Waals surface area contributed by atoms with E-state index in [2.05, 4.69) is 20.7 Å². The van der Waals surface area contributed by atoms with Gasteiger partial charge in [-0.25, -0.2) is 4.98 Å². The van der Waals surface area contributed by atoms with E-state index < -0.39 is 11.8 Å². The number of carbonyl (C=O) groups excluding carboxylic acids is 3. The van der Waals surface area contributed by atoms with E-state index in [1.54, 1.807) is 5.38 Å². The van der Waals surface area contributed by atoms with Gasteiger partial charge in [-0.3, -0.25) is 25.2 Å². The van der Waals surface area contributed by atoms with Crippen LogP contribution in [0.5, 0.6) is 0 Å². The number of nitrogens with zero attached hydrogens (tertiary/aromatic N) is 3. The normalized spacial score (nSPS) is 18.4. The predicted octanol–water partition coefficient (Wildman–Crippen LogP) is 0.143. The fraction of sp³-hybridized carbons (Fsp3) is 0.625. The third kappa shape index (κ3) is 4.92. The van der Waals surface area contributed by atoms with Crippen LogP contribution in [0, 0.1) is 0 Å². The minimum Gasteiger partial charge on any atom is -0.378 e. The van der Waals surface area contributed by atoms with Crippen molar-refractivity contribution < 1.29 is 19.1 Å². The molecule has 0 saturated carbocycles. The number of nitrogens with one attached hydrogen (secondary N) is 2. The summed E-state index contributed by atoms with van der Waals surface area (Å²) < 4.78 is 5.30. The molecule has 2 saturated heterocycles. The molecule has 2 aliphatic heterocycles. The number of hydrogen-bond acceptors (Lipinski definition) is 7. The van der Waals surface area contributed by atoms with E-state index >= 15 is 0 Å². The summed E-state index contributed by atoms with van der Waals surface area (Å²) in [6, 6.07) is 0. The highest BCUT2D eigenvalue weighted by Crippen LogP contribution is 2.21. The van der Waals surface area contributed by atoms with Gasteiger partial charge in [0.1, 0.15) is 12.2 Å². The summed E-state index contributed by atoms with van der Waals surface area (Å²) >= 11 is 1.38. The summed E-state index contributed by atoms with van der Waals surface area (Å²) in [4.78, 5) is 44.0. The Morgan fingerprint density at radius 3 is 2.77 bits per heavy atom. The van der Waals surface area contributed by atoms with Crippen molar-refractivity contribution in [1.82, 2.24) is 20.7 Å². The molecule has 10 heteroatoms. The quantitative estimate of drug-likeness (QED) is 0.719. The number of hydrogen-bond donors (Lipinski definition) is 2. The van der Waals surface area contributed by atoms with E-state index in [1.165, 1.54) is 16.2 Å². The zero-order valence-electron chi connectivity index (χ0n) is 14.5. The fourth-order valence-corrected chi connectivity index (χ4v) is 3.74. The Balaban J connectivity index is 1.46. The monoisotopic (exact) mass is 381 g/mol. The van der Waals surface area contributed by atoms with Crippen LogP contribution in [0.2, 0.25) is 0 Å². The van der Waals surface area contributed by atoms with Crippen LogP contribution in [-0.2, 0) is 14.3 Å². The number of anilines is 1. The molecular formula is C16H23N5O4S. The highest BCUT2D eigenvalue weighted by atomic mass is 32.1. The van der Waals surface area contributed by atoms with E-state index in [1.807, 2.05) is 0 Å². The van der Waals surface area contributed by atoms with Crippen LogP contribution in [-0.4, -0.2) is 67.0 Å². The second kappa shape index (κ2) is 8.95. The lowest BCUT2D eigenvalue weighted by Gasteiger charge is -2.25. The molecule has 0 spiro atoms. The number of thiazole rings is 1. The number of amides is 3. The maximum atomic E-state index is 12.2. The molecule has 0 bridgehead atoms. The SMILES string of the molecule is O=C(CN1CCCCCC1=O)NNC(=O)c1csc(N2CCOCC2)n1. The van der Waals surface area contributed by atoms with Gasteiger partial charge in [-0.15, -0.1) is 11.3 Å². The molecular weight excluding hydrogens is 358 g/mol. The Morgan fingerprint density at radius 1 is 1.15 bits per heavy atom. The first-order chi connectivity index (χ1) is 12.6. The minimum atomic E-state index is -0.476. The number of likely N-dealkylation sites (tertiary alicyclic amines) is 1. The Morgan fingerprint density at radius 2 is 1.96 bits per heavy atom. The topological polar surface area (TPSA) is 104 Å². The number of aromatic nitrogens is 1. The standard InChI is InChI=1S/C16H23N5O4S/c22-13(10-21-5-3-1-2-4-14(21)23)18-19-15(24)12-11-26-16(17-12)20-6-8-25-9-7-20/h11H,1-10H2,(H,18,22)(H,19,24). The molecule has 3 heterocycles. The molecule has 0 aliphatic carbocycles. The second-order valence-electron chi connectivity index (χ2n) is 6.24. The maximum Gasteiger partial charge on any atom is 0.289 e. The van der Waals surface area contributed by atoms with E-state index in [9.17, 15) is 14.4 Å². The molecule has 3 amide bonds. The summed E-state index contributed by atoms with van der Waals surface area (Å²) in [5.74, 6) is -0.910. The van der Waals surface area contributed by atoms with Gasteiger partial charge in [0.25, 0.3) is 11.8 Å². The molecule has 1 aromatic rings. The Hall–Kier alpha value is -2.20. The second-order valence-corrected chi connectivity index (χ2v) is 7.08. The van der Waals surface area contributed by atoms with E-state index in [0.29, 0.717) is 26.2 Å². The first-order valence-electron chi connectivity index (χ1n) is 8.78. The van der Waals surface area contributed by atoms with Crippen molar-refractivity contribution in [2.45, 2.75) is 25.7 Å². The lowest BCUT2D eigenvalue weighted by atomic mass is 10.2. The van der Waals surface area contributed by atoms with Crippen molar-refractivity contribution >= 4 is 34.2 Å². The van der Waals surface area contributed by atoms with Crippen LogP contribution in [0.4, 0.5) is 5.13 Å². The summed E-state index contributed by atoms with van der Waals surface area (Å²) in [5.41, 5.74) is 4.97. The van der Waals surface area contributed by atoms with Crippen molar-refractivity contribution in [2.24, 2.45) is 0 Å². The van der Waals surface area contributed by atoms with Crippen molar-refractivity contribution in [3.8, 4) is 0 Å². The molecule has 0 radical (unpaired) electrons. The molecule has 1 aromatic heterocycles. The lowest BCUT2D eigenvalue weighted by Crippen LogP contribution is -2.47. The first kappa shape index (κ1) is 18.6. The molecule has 142 valence electrons. The zero-order valence-corrected chi connectivity index (χ0v) is 15.3. The van der Waals surface area contributed by atoms with Crippen molar-refractivity contribution in [3.05, 3.63) is 11.1 Å². The highest BCUT2D eigenvalue weighted by molar-refractivity contribution is 7.13. The van der Waals surface area contributed by atoms with E-state index in [0.717, 1.165) is 37.5 Å². The number of carbonyl (C=O) groups is 3. The van der Waals surface area contributed by atoms with Crippen LogP contribution < -0.4 is 15.8 Å². The summed E-state index contributed by atoms with van der Waals surface area (Å²) in [5, 5.41) is 2.42. The molecule has 2 aliphatic rings. The maximum absolute atomic E-state index is 12.2. The van der Waals surface area contributed by atoms with Gasteiger partial charge in [0.15, 0.2) is 5.13 Å². The Kier molecular flexibility index (Phi) is 6.40. The molecule has 0 aromatic carbocycles. The molecule has 9 nitrogen and oxygen atoms in total. The Bertz CT molecular complexity index is 659. The predicted molar refractivity (Wildman–Crippen MR) is 95.8 cm³/mol. The number of rotatable bonds is 4. The van der Waals surface area contributed by atoms with Crippen LogP contribution >= 0.6 is 11.3 Å². The third-order valence-electron chi connectivity index (χ3n) is 4.33.